The molecule has 1 heterocycles. The highest BCUT2D eigenvalue weighted by atomic mass is 35.5. The number of nitrogens with zero attached hydrogens (tertiary/aromatic N) is 2. The van der Waals surface area contributed by atoms with Crippen molar-refractivity contribution in [3.63, 3.8) is 0 Å². The van der Waals surface area contributed by atoms with E-state index < -0.39 is 5.97 Å². The Morgan fingerprint density at radius 3 is 2.86 bits per heavy atom. The third-order valence-corrected chi connectivity index (χ3v) is 3.24. The van der Waals surface area contributed by atoms with Crippen molar-refractivity contribution in [3.8, 4) is 0 Å². The topological polar surface area (TPSA) is 52.1 Å². The lowest BCUT2D eigenvalue weighted by molar-refractivity contribution is 0.0524. The van der Waals surface area contributed by atoms with Crippen molar-refractivity contribution < 1.29 is 9.53 Å². The normalized spacial score (nSPS) is 10.4. The zero-order valence-electron chi connectivity index (χ0n) is 12.1. The molecule has 2 rings (SSSR count). The van der Waals surface area contributed by atoms with Gasteiger partial charge in [0.25, 0.3) is 0 Å². The Balaban J connectivity index is 2.24. The van der Waals surface area contributed by atoms with Gasteiger partial charge in [-0.2, -0.15) is 0 Å². The fourth-order valence-electron chi connectivity index (χ4n) is 2.03. The molecule has 0 amide bonds. The minimum absolute atomic E-state index is 0.150. The maximum absolute atomic E-state index is 11.8. The Morgan fingerprint density at radius 1 is 1.38 bits per heavy atom. The number of aromatic nitrogens is 2. The van der Waals surface area contributed by atoms with E-state index in [1.54, 1.807) is 6.92 Å². The van der Waals surface area contributed by atoms with Crippen LogP contribution >= 0.6 is 11.6 Å². The molecule has 0 aliphatic carbocycles. The minimum Gasteiger partial charge on any atom is -0.462 e. The van der Waals surface area contributed by atoms with Gasteiger partial charge in [0.2, 0.25) is 0 Å². The first-order valence-electron chi connectivity index (χ1n) is 6.77. The van der Waals surface area contributed by atoms with Crippen LogP contribution in [0.25, 0.3) is 0 Å². The Bertz CT molecular complexity index is 644. The summed E-state index contributed by atoms with van der Waals surface area (Å²) >= 11 is 5.88. The number of alkyl halides is 1. The summed E-state index contributed by atoms with van der Waals surface area (Å²) in [5.41, 5.74) is 3.15. The average Bonchev–Trinajstić information content (AvgIpc) is 2.47. The maximum Gasteiger partial charge on any atom is 0.341 e. The van der Waals surface area contributed by atoms with E-state index >= 15 is 0 Å². The van der Waals surface area contributed by atoms with Crippen LogP contribution in [0, 0.1) is 6.92 Å². The second-order valence-electron chi connectivity index (χ2n) is 4.67. The van der Waals surface area contributed by atoms with Crippen LogP contribution < -0.4 is 0 Å². The van der Waals surface area contributed by atoms with Gasteiger partial charge >= 0.3 is 5.97 Å². The molecule has 0 bridgehead atoms. The Hall–Kier alpha value is -1.94. The van der Waals surface area contributed by atoms with E-state index in [0.717, 1.165) is 5.56 Å². The number of carbonyl (C=O) groups excluding carboxylic acids is 1. The predicted molar refractivity (Wildman–Crippen MR) is 81.5 cm³/mol. The number of carbonyl (C=O) groups is 1. The van der Waals surface area contributed by atoms with Crippen LogP contribution in [0.5, 0.6) is 0 Å². The highest BCUT2D eigenvalue weighted by Gasteiger charge is 2.15. The molecule has 0 saturated carbocycles. The Morgan fingerprint density at radius 2 is 2.19 bits per heavy atom. The van der Waals surface area contributed by atoms with Crippen LogP contribution in [0.4, 0.5) is 0 Å². The van der Waals surface area contributed by atoms with Crippen LogP contribution in [-0.4, -0.2) is 22.5 Å². The highest BCUT2D eigenvalue weighted by Crippen LogP contribution is 2.13. The van der Waals surface area contributed by atoms with Crippen molar-refractivity contribution in [2.75, 3.05) is 6.61 Å². The standard InChI is InChI=1S/C16H17ClN2O2/c1-3-21-16(20)13-10-18-15(19-14(13)9-17)8-12-6-4-5-11(2)7-12/h4-7,10H,3,8-9H2,1-2H3. The lowest BCUT2D eigenvalue weighted by Crippen LogP contribution is -2.11. The second kappa shape index (κ2) is 7.18. The molecule has 1 aromatic heterocycles. The summed E-state index contributed by atoms with van der Waals surface area (Å²) in [5, 5.41) is 0. The monoisotopic (exact) mass is 304 g/mol. The molecule has 0 radical (unpaired) electrons. The zero-order valence-corrected chi connectivity index (χ0v) is 12.9. The number of esters is 1. The SMILES string of the molecule is CCOC(=O)c1cnc(Cc2cccc(C)c2)nc1CCl. The average molecular weight is 305 g/mol. The van der Waals surface area contributed by atoms with E-state index in [4.69, 9.17) is 16.3 Å². The number of halogens is 1. The molecule has 110 valence electrons. The number of hydrogen-bond acceptors (Lipinski definition) is 4. The van der Waals surface area contributed by atoms with Crippen LogP contribution in [0.2, 0.25) is 0 Å². The van der Waals surface area contributed by atoms with Gasteiger partial charge in [-0.25, -0.2) is 14.8 Å². The summed E-state index contributed by atoms with van der Waals surface area (Å²) in [6.07, 6.45) is 2.10. The summed E-state index contributed by atoms with van der Waals surface area (Å²) < 4.78 is 4.97. The summed E-state index contributed by atoms with van der Waals surface area (Å²) in [6.45, 7) is 4.11. The lowest BCUT2D eigenvalue weighted by atomic mass is 10.1. The van der Waals surface area contributed by atoms with Gasteiger partial charge in [0, 0.05) is 12.6 Å². The first kappa shape index (κ1) is 15.4. The van der Waals surface area contributed by atoms with Gasteiger partial charge < -0.3 is 4.74 Å². The molecule has 0 unspecified atom stereocenters. The molecule has 0 atom stereocenters. The largest absolute Gasteiger partial charge is 0.462 e. The Kier molecular flexibility index (Phi) is 5.28. The molecule has 5 heteroatoms. The van der Waals surface area contributed by atoms with Crippen molar-refractivity contribution in [3.05, 3.63) is 58.7 Å². The van der Waals surface area contributed by atoms with E-state index in [0.29, 0.717) is 30.1 Å². The van der Waals surface area contributed by atoms with E-state index in [1.165, 1.54) is 11.8 Å². The molecular formula is C16H17ClN2O2. The molecule has 0 saturated heterocycles. The number of ether oxygens (including phenoxy) is 1. The quantitative estimate of drug-likeness (QED) is 0.628. The molecular weight excluding hydrogens is 288 g/mol. The molecule has 0 N–H and O–H groups in total. The maximum atomic E-state index is 11.8. The second-order valence-corrected chi connectivity index (χ2v) is 4.93. The van der Waals surface area contributed by atoms with Gasteiger partial charge in [0.15, 0.2) is 0 Å². The van der Waals surface area contributed by atoms with Gasteiger partial charge in [-0.15, -0.1) is 11.6 Å². The molecule has 4 nitrogen and oxygen atoms in total. The highest BCUT2D eigenvalue weighted by molar-refractivity contribution is 6.17. The van der Waals surface area contributed by atoms with Crippen molar-refractivity contribution in [1.29, 1.82) is 0 Å². The first-order valence-corrected chi connectivity index (χ1v) is 7.31. The number of benzene rings is 1. The van der Waals surface area contributed by atoms with Gasteiger partial charge in [-0.05, 0) is 19.4 Å². The van der Waals surface area contributed by atoms with Gasteiger partial charge in [0.1, 0.15) is 11.4 Å². The van der Waals surface area contributed by atoms with E-state index in [1.807, 2.05) is 25.1 Å². The third kappa shape index (κ3) is 4.02. The summed E-state index contributed by atoms with van der Waals surface area (Å²) in [4.78, 5) is 20.4. The fourth-order valence-corrected chi connectivity index (χ4v) is 2.23. The zero-order chi connectivity index (χ0) is 15.2. The van der Waals surface area contributed by atoms with Crippen molar-refractivity contribution in [2.24, 2.45) is 0 Å². The lowest BCUT2D eigenvalue weighted by Gasteiger charge is -2.08. The smallest absolute Gasteiger partial charge is 0.341 e. The molecule has 2 aromatic rings. The van der Waals surface area contributed by atoms with Gasteiger partial charge in [-0.3, -0.25) is 0 Å². The van der Waals surface area contributed by atoms with Gasteiger partial charge in [-0.1, -0.05) is 29.8 Å². The van der Waals surface area contributed by atoms with Crippen LogP contribution in [0.1, 0.15) is 39.9 Å². The minimum atomic E-state index is -0.435. The van der Waals surface area contributed by atoms with Crippen molar-refractivity contribution in [2.45, 2.75) is 26.1 Å². The van der Waals surface area contributed by atoms with E-state index in [2.05, 4.69) is 16.0 Å². The number of hydrogen-bond donors (Lipinski definition) is 0. The van der Waals surface area contributed by atoms with Crippen molar-refractivity contribution >= 4 is 17.6 Å². The molecule has 1 aromatic carbocycles. The molecule has 0 aliphatic heterocycles. The summed E-state index contributed by atoms with van der Waals surface area (Å²) in [5.74, 6) is 0.358. The molecule has 21 heavy (non-hydrogen) atoms. The van der Waals surface area contributed by atoms with Crippen LogP contribution in [-0.2, 0) is 17.0 Å². The van der Waals surface area contributed by atoms with Gasteiger partial charge in [0.05, 0.1) is 18.2 Å². The van der Waals surface area contributed by atoms with Crippen molar-refractivity contribution in [1.82, 2.24) is 9.97 Å². The molecule has 0 fully saturated rings. The number of rotatable bonds is 5. The third-order valence-electron chi connectivity index (χ3n) is 2.98. The Labute approximate surface area is 129 Å². The molecule has 0 aliphatic rings. The fraction of sp³-hybridized carbons (Fsp3) is 0.312. The molecule has 0 spiro atoms. The first-order chi connectivity index (χ1) is 10.1. The summed E-state index contributed by atoms with van der Waals surface area (Å²) in [6, 6.07) is 8.15. The van der Waals surface area contributed by atoms with Crippen LogP contribution in [0.3, 0.4) is 0 Å². The van der Waals surface area contributed by atoms with Crippen LogP contribution in [0.15, 0.2) is 30.5 Å². The van der Waals surface area contributed by atoms with E-state index in [9.17, 15) is 4.79 Å². The van der Waals surface area contributed by atoms with E-state index in [-0.39, 0.29) is 5.88 Å². The number of aryl methyl sites for hydroxylation is 1. The summed E-state index contributed by atoms with van der Waals surface area (Å²) in [7, 11) is 0. The predicted octanol–water partition coefficient (Wildman–Crippen LogP) is 3.29.